The van der Waals surface area contributed by atoms with E-state index in [0.29, 0.717) is 12.3 Å². The Morgan fingerprint density at radius 2 is 2.21 bits per heavy atom. The minimum atomic E-state index is -0.782. The lowest BCUT2D eigenvalue weighted by Gasteiger charge is -2.19. The fourth-order valence-electron chi connectivity index (χ4n) is 3.45. The van der Waals surface area contributed by atoms with Gasteiger partial charge in [0, 0.05) is 38.8 Å². The summed E-state index contributed by atoms with van der Waals surface area (Å²) in [5.41, 5.74) is 1.78. The Kier molecular flexibility index (Phi) is 7.86. The summed E-state index contributed by atoms with van der Waals surface area (Å²) in [5.74, 6) is 0.586. The van der Waals surface area contributed by atoms with Crippen LogP contribution in [0.25, 0.3) is 0 Å². The number of aliphatic hydroxyl groups excluding tert-OH is 1. The number of ether oxygens (including phenoxy) is 1. The second-order valence-electron chi connectivity index (χ2n) is 7.32. The van der Waals surface area contributed by atoms with Crippen molar-refractivity contribution in [2.24, 2.45) is 13.0 Å². The van der Waals surface area contributed by atoms with Gasteiger partial charge in [-0.1, -0.05) is 12.1 Å². The summed E-state index contributed by atoms with van der Waals surface area (Å²) < 4.78 is 7.41. The lowest BCUT2D eigenvalue weighted by atomic mass is 9.90. The van der Waals surface area contributed by atoms with Gasteiger partial charge >= 0.3 is 0 Å². The van der Waals surface area contributed by atoms with Gasteiger partial charge in [0.2, 0.25) is 5.91 Å². The molecule has 28 heavy (non-hydrogen) atoms. The highest BCUT2D eigenvalue weighted by molar-refractivity contribution is 5.85. The molecule has 1 aromatic heterocycles. The number of carbonyl (C=O) groups is 1. The average molecular weight is 409 g/mol. The molecule has 1 amide bonds. The number of aliphatic hydroxyl groups is 1. The van der Waals surface area contributed by atoms with Crippen molar-refractivity contribution in [1.29, 1.82) is 0 Å². The molecular weight excluding hydrogens is 380 g/mol. The maximum Gasteiger partial charge on any atom is 0.225 e. The molecule has 1 aromatic carbocycles. The van der Waals surface area contributed by atoms with E-state index in [1.165, 1.54) is 0 Å². The number of nitrogens with one attached hydrogen (secondary N) is 2. The summed E-state index contributed by atoms with van der Waals surface area (Å²) in [6.45, 7) is 5.45. The van der Waals surface area contributed by atoms with Gasteiger partial charge < -0.3 is 20.5 Å². The highest BCUT2D eigenvalue weighted by atomic mass is 35.5. The fraction of sp³-hybridized carbons (Fsp3) is 0.500. The molecule has 1 saturated heterocycles. The van der Waals surface area contributed by atoms with Crippen molar-refractivity contribution < 1.29 is 14.6 Å². The van der Waals surface area contributed by atoms with Crippen LogP contribution in [-0.4, -0.2) is 46.5 Å². The monoisotopic (exact) mass is 408 g/mol. The van der Waals surface area contributed by atoms with Crippen molar-refractivity contribution in [3.05, 3.63) is 47.8 Å². The second kappa shape index (κ2) is 9.91. The third-order valence-electron chi connectivity index (χ3n) is 4.79. The van der Waals surface area contributed by atoms with E-state index in [2.05, 4.69) is 15.7 Å². The van der Waals surface area contributed by atoms with Crippen LogP contribution in [0, 0.1) is 5.92 Å². The number of nitrogens with zero attached hydrogens (tertiary/aromatic N) is 2. The van der Waals surface area contributed by atoms with Crippen LogP contribution in [0.4, 0.5) is 0 Å². The summed E-state index contributed by atoms with van der Waals surface area (Å²) >= 11 is 0. The van der Waals surface area contributed by atoms with Crippen LogP contribution < -0.4 is 15.4 Å². The standard InChI is InChI=1S/C20H28N4O3.ClH/c1-13(2)27-16-6-4-5-14(7-16)19(25)11-22-20(26)18-10-21-9-17(18)15-8-23-24(3)12-15;/h4-8,12-13,17-19,21,25H,9-11H2,1-3H3,(H,22,26);1H/t17-,18+,19?;/m1./s1. The molecule has 2 aromatic rings. The molecule has 0 spiro atoms. The number of halogens is 1. The molecule has 0 radical (unpaired) electrons. The molecule has 2 heterocycles. The van der Waals surface area contributed by atoms with Crippen LogP contribution in [0.3, 0.4) is 0 Å². The zero-order valence-corrected chi connectivity index (χ0v) is 17.3. The average Bonchev–Trinajstić information content (AvgIpc) is 3.27. The van der Waals surface area contributed by atoms with E-state index < -0.39 is 6.10 Å². The van der Waals surface area contributed by atoms with Crippen molar-refractivity contribution in [3.63, 3.8) is 0 Å². The molecule has 3 atom stereocenters. The van der Waals surface area contributed by atoms with Gasteiger partial charge in [-0.2, -0.15) is 5.10 Å². The van der Waals surface area contributed by atoms with Crippen molar-refractivity contribution >= 4 is 18.3 Å². The Labute approximate surface area is 171 Å². The molecule has 1 aliphatic heterocycles. The normalized spacial score (nSPS) is 19.9. The molecule has 3 rings (SSSR count). The van der Waals surface area contributed by atoms with Gasteiger partial charge in [0.15, 0.2) is 0 Å². The van der Waals surface area contributed by atoms with E-state index in [0.717, 1.165) is 17.7 Å². The van der Waals surface area contributed by atoms with Gasteiger partial charge in [0.05, 0.1) is 24.3 Å². The highest BCUT2D eigenvalue weighted by Gasteiger charge is 2.34. The molecule has 7 nitrogen and oxygen atoms in total. The number of amides is 1. The molecule has 154 valence electrons. The first-order chi connectivity index (χ1) is 12.9. The lowest BCUT2D eigenvalue weighted by Crippen LogP contribution is -2.36. The molecule has 0 bridgehead atoms. The van der Waals surface area contributed by atoms with Crippen molar-refractivity contribution in [2.45, 2.75) is 32.0 Å². The highest BCUT2D eigenvalue weighted by Crippen LogP contribution is 2.28. The van der Waals surface area contributed by atoms with Crippen LogP contribution >= 0.6 is 12.4 Å². The second-order valence-corrected chi connectivity index (χ2v) is 7.32. The third kappa shape index (κ3) is 5.47. The Morgan fingerprint density at radius 1 is 1.43 bits per heavy atom. The SMILES string of the molecule is CC(C)Oc1cccc(C(O)CNC(=O)[C@H]2CNC[C@@H]2c2cnn(C)c2)c1.Cl. The smallest absolute Gasteiger partial charge is 0.225 e. The van der Waals surface area contributed by atoms with E-state index in [1.807, 2.05) is 57.6 Å². The lowest BCUT2D eigenvalue weighted by molar-refractivity contribution is -0.125. The fourth-order valence-corrected chi connectivity index (χ4v) is 3.45. The maximum absolute atomic E-state index is 12.7. The topological polar surface area (TPSA) is 88.4 Å². The zero-order valence-electron chi connectivity index (χ0n) is 16.5. The first-order valence-electron chi connectivity index (χ1n) is 9.35. The van der Waals surface area contributed by atoms with Crippen molar-refractivity contribution in [2.75, 3.05) is 19.6 Å². The molecule has 8 heteroatoms. The molecule has 1 aliphatic rings. The van der Waals surface area contributed by atoms with E-state index in [4.69, 9.17) is 4.74 Å². The number of hydrogen-bond acceptors (Lipinski definition) is 5. The molecule has 3 N–H and O–H groups in total. The van der Waals surface area contributed by atoms with E-state index in [9.17, 15) is 9.90 Å². The predicted octanol–water partition coefficient (Wildman–Crippen LogP) is 1.78. The summed E-state index contributed by atoms with van der Waals surface area (Å²) in [6.07, 6.45) is 3.05. The number of benzene rings is 1. The van der Waals surface area contributed by atoms with Crippen LogP contribution in [0.2, 0.25) is 0 Å². The first kappa shape index (κ1) is 22.2. The van der Waals surface area contributed by atoms with Gasteiger partial charge in [-0.3, -0.25) is 9.48 Å². The zero-order chi connectivity index (χ0) is 19.4. The molecule has 1 fully saturated rings. The van der Waals surface area contributed by atoms with Gasteiger partial charge in [0.25, 0.3) is 0 Å². The van der Waals surface area contributed by atoms with Gasteiger partial charge in [0.1, 0.15) is 5.75 Å². The Bertz CT molecular complexity index is 780. The Morgan fingerprint density at radius 3 is 2.89 bits per heavy atom. The van der Waals surface area contributed by atoms with Gasteiger partial charge in [-0.15, -0.1) is 12.4 Å². The minimum Gasteiger partial charge on any atom is -0.491 e. The minimum absolute atomic E-state index is 0. The van der Waals surface area contributed by atoms with Crippen molar-refractivity contribution in [3.8, 4) is 5.75 Å². The van der Waals surface area contributed by atoms with E-state index >= 15 is 0 Å². The molecular formula is C20H29ClN4O3. The Hall–Kier alpha value is -2.09. The largest absolute Gasteiger partial charge is 0.491 e. The quantitative estimate of drug-likeness (QED) is 0.650. The number of aromatic nitrogens is 2. The number of rotatable bonds is 7. The number of hydrogen-bond donors (Lipinski definition) is 3. The van der Waals surface area contributed by atoms with E-state index in [-0.39, 0.29) is 42.8 Å². The maximum atomic E-state index is 12.7. The van der Waals surface area contributed by atoms with Crippen LogP contribution in [0.1, 0.15) is 37.0 Å². The molecule has 0 aliphatic carbocycles. The van der Waals surface area contributed by atoms with Crippen molar-refractivity contribution in [1.82, 2.24) is 20.4 Å². The summed E-state index contributed by atoms with van der Waals surface area (Å²) in [4.78, 5) is 12.7. The molecule has 0 saturated carbocycles. The van der Waals surface area contributed by atoms with Crippen LogP contribution in [0.15, 0.2) is 36.7 Å². The summed E-state index contributed by atoms with van der Waals surface area (Å²) in [5, 5.41) is 20.8. The van der Waals surface area contributed by atoms with Crippen LogP contribution in [-0.2, 0) is 11.8 Å². The molecule has 1 unspecified atom stereocenters. The first-order valence-corrected chi connectivity index (χ1v) is 9.35. The number of aryl methyl sites for hydroxylation is 1. The Balaban J connectivity index is 0.00000280. The van der Waals surface area contributed by atoms with Gasteiger partial charge in [-0.05, 0) is 37.1 Å². The summed E-state index contributed by atoms with van der Waals surface area (Å²) in [6, 6.07) is 7.35. The van der Waals surface area contributed by atoms with Gasteiger partial charge in [-0.25, -0.2) is 0 Å². The number of carbonyl (C=O) groups excluding carboxylic acids is 1. The predicted molar refractivity (Wildman–Crippen MR) is 110 cm³/mol. The van der Waals surface area contributed by atoms with E-state index in [1.54, 1.807) is 4.68 Å². The van der Waals surface area contributed by atoms with Crippen LogP contribution in [0.5, 0.6) is 5.75 Å². The third-order valence-corrected chi connectivity index (χ3v) is 4.79. The summed E-state index contributed by atoms with van der Waals surface area (Å²) in [7, 11) is 1.87.